The topological polar surface area (TPSA) is 134 Å². The van der Waals surface area contributed by atoms with Crippen molar-refractivity contribution in [1.82, 2.24) is 14.6 Å². The van der Waals surface area contributed by atoms with Crippen LogP contribution in [0, 0.1) is 6.92 Å². The number of anilines is 1. The molecule has 214 valence electrons. The molecule has 2 amide bonds. The first kappa shape index (κ1) is 28.1. The third-order valence-electron chi connectivity index (χ3n) is 7.59. The number of carbonyl (C=O) groups excluding carboxylic acids is 1. The number of hydrogen-bond acceptors (Lipinski definition) is 8. The zero-order valence-electron chi connectivity index (χ0n) is 23.3. The Bertz CT molecular complexity index is 1520. The first-order valence-corrected chi connectivity index (χ1v) is 15.0. The number of furan rings is 1. The molecule has 1 saturated heterocycles. The summed E-state index contributed by atoms with van der Waals surface area (Å²) in [7, 11) is -2.22. The van der Waals surface area contributed by atoms with Gasteiger partial charge in [0.05, 0.1) is 17.6 Å². The molecule has 0 bridgehead atoms. The summed E-state index contributed by atoms with van der Waals surface area (Å²) in [5, 5.41) is 12.5. The number of piperidine rings is 1. The van der Waals surface area contributed by atoms with Crippen LogP contribution in [-0.2, 0) is 28.5 Å². The summed E-state index contributed by atoms with van der Waals surface area (Å²) >= 11 is 0. The molecule has 0 spiro atoms. The lowest BCUT2D eigenvalue weighted by Crippen LogP contribution is -2.35. The van der Waals surface area contributed by atoms with E-state index in [0.29, 0.717) is 11.6 Å². The van der Waals surface area contributed by atoms with Crippen LogP contribution < -0.4 is 14.8 Å². The number of aliphatic hydroxyl groups is 1. The summed E-state index contributed by atoms with van der Waals surface area (Å²) in [5.41, 5.74) is 4.27. The van der Waals surface area contributed by atoms with Gasteiger partial charge in [0.2, 0.25) is 11.0 Å². The van der Waals surface area contributed by atoms with E-state index in [9.17, 15) is 18.3 Å². The first-order valence-electron chi connectivity index (χ1n) is 13.5. The minimum absolute atomic E-state index is 0.0900. The van der Waals surface area contributed by atoms with Gasteiger partial charge in [-0.3, -0.25) is 0 Å². The number of benzene rings is 1. The van der Waals surface area contributed by atoms with Crippen LogP contribution in [0.1, 0.15) is 55.4 Å². The van der Waals surface area contributed by atoms with Crippen LogP contribution in [0.25, 0.3) is 11.1 Å². The highest BCUT2D eigenvalue weighted by Crippen LogP contribution is 2.41. The molecule has 1 fully saturated rings. The fourth-order valence-corrected chi connectivity index (χ4v) is 6.25. The molecule has 3 aromatic rings. The number of aryl methyl sites for hydroxylation is 2. The maximum Gasteiger partial charge on any atom is 0.333 e. The zero-order chi connectivity index (χ0) is 28.7. The van der Waals surface area contributed by atoms with Crippen LogP contribution in [0.5, 0.6) is 5.88 Å². The number of urea groups is 1. The Hall–Kier alpha value is -3.41. The lowest BCUT2D eigenvalue weighted by molar-refractivity contribution is 0.0779. The second kappa shape index (κ2) is 10.9. The van der Waals surface area contributed by atoms with E-state index >= 15 is 0 Å². The predicted molar refractivity (Wildman–Crippen MR) is 151 cm³/mol. The highest BCUT2D eigenvalue weighted by molar-refractivity contribution is 7.89. The molecule has 40 heavy (non-hydrogen) atoms. The molecule has 2 aromatic heterocycles. The Kier molecular flexibility index (Phi) is 7.64. The number of nitrogens with zero attached hydrogens (tertiary/aromatic N) is 2. The van der Waals surface area contributed by atoms with Crippen LogP contribution in [0.2, 0.25) is 0 Å². The molecule has 0 atom stereocenters. The molecule has 3 N–H and O–H groups in total. The molecule has 2 aliphatic rings. The van der Waals surface area contributed by atoms with E-state index in [1.807, 2.05) is 19.1 Å². The van der Waals surface area contributed by atoms with Gasteiger partial charge in [-0.2, -0.15) is 8.42 Å². The minimum Gasteiger partial charge on any atom is -0.474 e. The number of sulfonamides is 1. The number of hydrogen-bond donors (Lipinski definition) is 3. The normalized spacial score (nSPS) is 16.5. The number of likely N-dealkylation sites (tertiary alicyclic amines) is 1. The van der Waals surface area contributed by atoms with E-state index in [4.69, 9.17) is 9.15 Å². The molecule has 1 aliphatic heterocycles. The Morgan fingerprint density at radius 3 is 2.65 bits per heavy atom. The largest absolute Gasteiger partial charge is 0.474 e. The molecule has 1 aromatic carbocycles. The SMILES string of the molecule is Cc1cc2c(c(NC(=O)NS(=O)(=O)c3cc(C(C)(C)O)co3)c1-c1ccnc(OC3CCN(C)CC3)c1)CCC2. The first-order chi connectivity index (χ1) is 18.9. The van der Waals surface area contributed by atoms with Crippen LogP contribution in [0.15, 0.2) is 46.2 Å². The minimum atomic E-state index is -4.32. The quantitative estimate of drug-likeness (QED) is 0.383. The number of aromatic nitrogens is 1. The Balaban J connectivity index is 1.42. The van der Waals surface area contributed by atoms with E-state index in [1.54, 1.807) is 6.20 Å². The Morgan fingerprint density at radius 2 is 1.95 bits per heavy atom. The van der Waals surface area contributed by atoms with Gasteiger partial charge in [-0.05, 0) is 88.2 Å². The second-order valence-electron chi connectivity index (χ2n) is 11.2. The van der Waals surface area contributed by atoms with Gasteiger partial charge in [0, 0.05) is 42.5 Å². The Labute approximate surface area is 234 Å². The summed E-state index contributed by atoms with van der Waals surface area (Å²) in [6.45, 7) is 6.94. The standard InChI is InChI=1S/C29H36N4O6S/c1-18-14-19-6-5-7-23(19)27(31-28(34)32-40(36,37)25-16-21(17-38-25)29(2,3)35)26(18)20-8-11-30-24(15-20)39-22-9-12-33(4)13-10-22/h8,11,14-17,22,35H,5-7,9-10,12-13H2,1-4H3,(H2,31,32,34). The summed E-state index contributed by atoms with van der Waals surface area (Å²) in [5.74, 6) is 0.519. The predicted octanol–water partition coefficient (Wildman–Crippen LogP) is 4.35. The van der Waals surface area contributed by atoms with Gasteiger partial charge in [-0.15, -0.1) is 0 Å². The van der Waals surface area contributed by atoms with E-state index in [1.165, 1.54) is 19.9 Å². The highest BCUT2D eigenvalue weighted by Gasteiger charge is 2.28. The second-order valence-corrected chi connectivity index (χ2v) is 12.8. The van der Waals surface area contributed by atoms with E-state index < -0.39 is 26.7 Å². The average molecular weight is 569 g/mol. The average Bonchev–Trinajstić information content (AvgIpc) is 3.56. The van der Waals surface area contributed by atoms with E-state index in [0.717, 1.165) is 79.3 Å². The number of carbonyl (C=O) groups is 1. The summed E-state index contributed by atoms with van der Waals surface area (Å²) in [6.07, 6.45) is 7.39. The fourth-order valence-electron chi connectivity index (χ4n) is 5.40. The van der Waals surface area contributed by atoms with Gasteiger partial charge < -0.3 is 24.5 Å². The lowest BCUT2D eigenvalue weighted by Gasteiger charge is -2.29. The molecule has 0 saturated carbocycles. The van der Waals surface area contributed by atoms with Gasteiger partial charge in [0.25, 0.3) is 10.0 Å². The highest BCUT2D eigenvalue weighted by atomic mass is 32.2. The Morgan fingerprint density at radius 1 is 1.20 bits per heavy atom. The number of ether oxygens (including phenoxy) is 1. The van der Waals surface area contributed by atoms with Crippen molar-refractivity contribution < 1.29 is 27.5 Å². The summed E-state index contributed by atoms with van der Waals surface area (Å²) in [4.78, 5) is 19.8. The number of rotatable bonds is 7. The molecule has 3 heterocycles. The zero-order valence-corrected chi connectivity index (χ0v) is 24.1. The molecular formula is C29H36N4O6S. The maximum atomic E-state index is 13.1. The van der Waals surface area contributed by atoms with Crippen molar-refractivity contribution in [2.45, 2.75) is 69.7 Å². The van der Waals surface area contributed by atoms with Gasteiger partial charge in [0.15, 0.2) is 0 Å². The van der Waals surface area contributed by atoms with Crippen molar-refractivity contribution >= 4 is 21.7 Å². The monoisotopic (exact) mass is 568 g/mol. The molecule has 10 nitrogen and oxygen atoms in total. The summed E-state index contributed by atoms with van der Waals surface area (Å²) in [6, 6.07) is 6.18. The fraction of sp³-hybridized carbons (Fsp3) is 0.448. The van der Waals surface area contributed by atoms with Crippen LogP contribution in [0.3, 0.4) is 0 Å². The van der Waals surface area contributed by atoms with Crippen molar-refractivity contribution in [2.24, 2.45) is 0 Å². The van der Waals surface area contributed by atoms with Crippen LogP contribution >= 0.6 is 0 Å². The van der Waals surface area contributed by atoms with Gasteiger partial charge in [0.1, 0.15) is 6.10 Å². The maximum absolute atomic E-state index is 13.1. The van der Waals surface area contributed by atoms with Gasteiger partial charge in [-0.25, -0.2) is 14.5 Å². The molecule has 11 heteroatoms. The van der Waals surface area contributed by atoms with Crippen molar-refractivity contribution in [2.75, 3.05) is 25.5 Å². The van der Waals surface area contributed by atoms with E-state index in [2.05, 4.69) is 33.0 Å². The molecule has 0 radical (unpaired) electrons. The molecule has 1 aliphatic carbocycles. The number of fused-ring (bicyclic) bond motifs is 1. The molecule has 0 unspecified atom stereocenters. The lowest BCUT2D eigenvalue weighted by atomic mass is 9.93. The van der Waals surface area contributed by atoms with Gasteiger partial charge >= 0.3 is 6.03 Å². The number of nitrogens with one attached hydrogen (secondary N) is 2. The third-order valence-corrected chi connectivity index (χ3v) is 8.78. The van der Waals surface area contributed by atoms with Crippen LogP contribution in [0.4, 0.5) is 10.5 Å². The summed E-state index contributed by atoms with van der Waals surface area (Å²) < 4.78 is 39.2. The van der Waals surface area contributed by atoms with Gasteiger partial charge in [-0.1, -0.05) is 6.07 Å². The smallest absolute Gasteiger partial charge is 0.333 e. The number of amides is 2. The molecular weight excluding hydrogens is 532 g/mol. The van der Waals surface area contributed by atoms with Crippen molar-refractivity contribution in [3.8, 4) is 17.0 Å². The number of pyridine rings is 1. The van der Waals surface area contributed by atoms with Crippen molar-refractivity contribution in [1.29, 1.82) is 0 Å². The third kappa shape index (κ3) is 6.01. The van der Waals surface area contributed by atoms with Crippen molar-refractivity contribution in [3.05, 3.63) is 59.0 Å². The van der Waals surface area contributed by atoms with Crippen LogP contribution in [-0.4, -0.2) is 55.7 Å². The molecule has 5 rings (SSSR count). The van der Waals surface area contributed by atoms with E-state index in [-0.39, 0.29) is 11.7 Å². The van der Waals surface area contributed by atoms with Crippen molar-refractivity contribution in [3.63, 3.8) is 0 Å².